The van der Waals surface area contributed by atoms with E-state index in [9.17, 15) is 5.11 Å². The lowest BCUT2D eigenvalue weighted by atomic mass is 10.1. The van der Waals surface area contributed by atoms with Gasteiger partial charge in [0, 0.05) is 10.6 Å². The van der Waals surface area contributed by atoms with Gasteiger partial charge in [-0.25, -0.2) is 0 Å². The lowest BCUT2D eigenvalue weighted by Crippen LogP contribution is -1.93. The molecule has 0 saturated carbocycles. The van der Waals surface area contributed by atoms with Crippen LogP contribution in [-0.2, 0) is 0 Å². The van der Waals surface area contributed by atoms with Gasteiger partial charge in [0.05, 0.1) is 6.10 Å². The fraction of sp³-hybridized carbons (Fsp3) is 0.200. The van der Waals surface area contributed by atoms with Crippen molar-refractivity contribution in [3.63, 3.8) is 0 Å². The Bertz CT molecular complexity index is 294. The highest BCUT2D eigenvalue weighted by molar-refractivity contribution is 6.31. The molecule has 2 heteroatoms. The number of rotatable bonds is 2. The summed E-state index contributed by atoms with van der Waals surface area (Å²) < 4.78 is 0. The van der Waals surface area contributed by atoms with Crippen LogP contribution in [-0.4, -0.2) is 5.11 Å². The summed E-state index contributed by atoms with van der Waals surface area (Å²) >= 11 is 5.90. The molecule has 0 aromatic heterocycles. The second kappa shape index (κ2) is 3.74. The van der Waals surface area contributed by atoms with E-state index in [1.165, 1.54) is 6.08 Å². The van der Waals surface area contributed by atoms with E-state index in [4.69, 9.17) is 11.6 Å². The maximum absolute atomic E-state index is 9.40. The molecule has 1 nitrogen and oxygen atoms in total. The summed E-state index contributed by atoms with van der Waals surface area (Å²) in [6, 6.07) is 5.54. The zero-order valence-electron chi connectivity index (χ0n) is 6.92. The van der Waals surface area contributed by atoms with Gasteiger partial charge in [0.1, 0.15) is 0 Å². The molecule has 0 fully saturated rings. The zero-order chi connectivity index (χ0) is 9.14. The van der Waals surface area contributed by atoms with Gasteiger partial charge in [-0.1, -0.05) is 29.8 Å². The van der Waals surface area contributed by atoms with Gasteiger partial charge in [0.25, 0.3) is 0 Å². The third kappa shape index (κ3) is 1.87. The van der Waals surface area contributed by atoms with Crippen LogP contribution in [0.4, 0.5) is 0 Å². The smallest absolute Gasteiger partial charge is 0.0983 e. The summed E-state index contributed by atoms with van der Waals surface area (Å²) in [6.45, 7) is 5.45. The predicted molar refractivity (Wildman–Crippen MR) is 51.3 cm³/mol. The van der Waals surface area contributed by atoms with Crippen molar-refractivity contribution in [2.24, 2.45) is 0 Å². The highest BCUT2D eigenvalue weighted by atomic mass is 35.5. The Morgan fingerprint density at radius 2 is 2.25 bits per heavy atom. The molecule has 12 heavy (non-hydrogen) atoms. The van der Waals surface area contributed by atoms with Crippen LogP contribution >= 0.6 is 11.6 Å². The van der Waals surface area contributed by atoms with Crippen LogP contribution in [0.3, 0.4) is 0 Å². The molecule has 0 heterocycles. The molecule has 1 rings (SSSR count). The number of benzene rings is 1. The minimum atomic E-state index is -0.668. The average molecular weight is 183 g/mol. The molecule has 0 saturated heterocycles. The molecule has 1 atom stereocenters. The van der Waals surface area contributed by atoms with E-state index in [0.717, 1.165) is 5.56 Å². The van der Waals surface area contributed by atoms with Crippen LogP contribution in [0.15, 0.2) is 30.9 Å². The Kier molecular flexibility index (Phi) is 2.90. The maximum atomic E-state index is 9.40. The summed E-state index contributed by atoms with van der Waals surface area (Å²) in [4.78, 5) is 0. The molecule has 0 spiro atoms. The number of halogens is 1. The number of aliphatic hydroxyl groups excluding tert-OH is 1. The van der Waals surface area contributed by atoms with E-state index >= 15 is 0 Å². The Labute approximate surface area is 77.3 Å². The second-order valence-electron chi connectivity index (χ2n) is 2.71. The highest BCUT2D eigenvalue weighted by Gasteiger charge is 2.06. The van der Waals surface area contributed by atoms with Gasteiger partial charge in [-0.3, -0.25) is 0 Å². The zero-order valence-corrected chi connectivity index (χ0v) is 7.67. The SMILES string of the molecule is C=CC(O)c1ccc(C)cc1Cl. The third-order valence-corrected chi connectivity index (χ3v) is 2.03. The molecule has 64 valence electrons. The molecule has 1 aromatic carbocycles. The lowest BCUT2D eigenvalue weighted by Gasteiger charge is -2.07. The van der Waals surface area contributed by atoms with Gasteiger partial charge in [-0.2, -0.15) is 0 Å². The quantitative estimate of drug-likeness (QED) is 0.698. The molecular weight excluding hydrogens is 172 g/mol. The number of hydrogen-bond donors (Lipinski definition) is 1. The van der Waals surface area contributed by atoms with Crippen LogP contribution in [0.5, 0.6) is 0 Å². The van der Waals surface area contributed by atoms with Crippen molar-refractivity contribution in [2.45, 2.75) is 13.0 Å². The number of hydrogen-bond acceptors (Lipinski definition) is 1. The minimum absolute atomic E-state index is 0.586. The summed E-state index contributed by atoms with van der Waals surface area (Å²) in [7, 11) is 0. The first-order chi connectivity index (χ1) is 5.65. The monoisotopic (exact) mass is 182 g/mol. The molecular formula is C10H11ClO. The number of aryl methyl sites for hydroxylation is 1. The van der Waals surface area contributed by atoms with Crippen LogP contribution < -0.4 is 0 Å². The first-order valence-corrected chi connectivity index (χ1v) is 4.09. The van der Waals surface area contributed by atoms with Gasteiger partial charge in [-0.05, 0) is 18.6 Å². The summed E-state index contributed by atoms with van der Waals surface area (Å²) in [6.07, 6.45) is 0.786. The molecule has 0 aliphatic rings. The fourth-order valence-corrected chi connectivity index (χ4v) is 1.35. The lowest BCUT2D eigenvalue weighted by molar-refractivity contribution is 0.229. The van der Waals surface area contributed by atoms with Crippen LogP contribution in [0.25, 0.3) is 0 Å². The van der Waals surface area contributed by atoms with Crippen molar-refractivity contribution in [2.75, 3.05) is 0 Å². The van der Waals surface area contributed by atoms with Crippen molar-refractivity contribution in [1.82, 2.24) is 0 Å². The molecule has 0 amide bonds. The van der Waals surface area contributed by atoms with Crippen LogP contribution in [0, 0.1) is 6.92 Å². The largest absolute Gasteiger partial charge is 0.384 e. The standard InChI is InChI=1S/C10H11ClO/c1-3-10(12)8-5-4-7(2)6-9(8)11/h3-6,10,12H,1H2,2H3. The normalized spacial score (nSPS) is 12.6. The summed E-state index contributed by atoms with van der Waals surface area (Å²) in [5, 5.41) is 9.98. The molecule has 1 N–H and O–H groups in total. The van der Waals surface area contributed by atoms with E-state index in [1.54, 1.807) is 0 Å². The molecule has 1 aromatic rings. The maximum Gasteiger partial charge on any atom is 0.0983 e. The molecule has 0 aliphatic carbocycles. The molecule has 1 unspecified atom stereocenters. The second-order valence-corrected chi connectivity index (χ2v) is 3.11. The Morgan fingerprint density at radius 3 is 2.75 bits per heavy atom. The average Bonchev–Trinajstić information content (AvgIpc) is 2.03. The van der Waals surface area contributed by atoms with Gasteiger partial charge in [0.15, 0.2) is 0 Å². The van der Waals surface area contributed by atoms with Gasteiger partial charge in [-0.15, -0.1) is 6.58 Å². The summed E-state index contributed by atoms with van der Waals surface area (Å²) in [5.74, 6) is 0. The molecule has 0 aliphatic heterocycles. The third-order valence-electron chi connectivity index (χ3n) is 1.70. The highest BCUT2D eigenvalue weighted by Crippen LogP contribution is 2.24. The van der Waals surface area contributed by atoms with Crippen LogP contribution in [0.1, 0.15) is 17.2 Å². The Morgan fingerprint density at radius 1 is 1.58 bits per heavy atom. The fourth-order valence-electron chi connectivity index (χ4n) is 0.999. The molecule has 0 bridgehead atoms. The first-order valence-electron chi connectivity index (χ1n) is 3.72. The summed E-state index contributed by atoms with van der Waals surface area (Å²) in [5.41, 5.74) is 1.79. The number of aliphatic hydroxyl groups is 1. The predicted octanol–water partition coefficient (Wildman–Crippen LogP) is 2.87. The topological polar surface area (TPSA) is 20.2 Å². The van der Waals surface area contributed by atoms with E-state index in [1.807, 2.05) is 25.1 Å². The van der Waals surface area contributed by atoms with Crippen molar-refractivity contribution >= 4 is 11.6 Å². The van der Waals surface area contributed by atoms with Crippen molar-refractivity contribution in [3.05, 3.63) is 47.0 Å². The minimum Gasteiger partial charge on any atom is -0.384 e. The van der Waals surface area contributed by atoms with E-state index in [2.05, 4.69) is 6.58 Å². The Hall–Kier alpha value is -0.790. The van der Waals surface area contributed by atoms with Gasteiger partial charge < -0.3 is 5.11 Å². The van der Waals surface area contributed by atoms with Crippen LogP contribution in [0.2, 0.25) is 5.02 Å². The van der Waals surface area contributed by atoms with Gasteiger partial charge in [0.2, 0.25) is 0 Å². The van der Waals surface area contributed by atoms with Crippen molar-refractivity contribution < 1.29 is 5.11 Å². The van der Waals surface area contributed by atoms with E-state index in [0.29, 0.717) is 10.6 Å². The Balaban J connectivity index is 3.09. The van der Waals surface area contributed by atoms with E-state index < -0.39 is 6.10 Å². The van der Waals surface area contributed by atoms with Crippen molar-refractivity contribution in [1.29, 1.82) is 0 Å². The van der Waals surface area contributed by atoms with Gasteiger partial charge >= 0.3 is 0 Å². The first kappa shape index (κ1) is 9.30. The van der Waals surface area contributed by atoms with E-state index in [-0.39, 0.29) is 0 Å². The molecule has 0 radical (unpaired) electrons. The van der Waals surface area contributed by atoms with Crippen molar-refractivity contribution in [3.8, 4) is 0 Å².